The van der Waals surface area contributed by atoms with E-state index in [2.05, 4.69) is 29.0 Å². The van der Waals surface area contributed by atoms with Crippen LogP contribution in [0.25, 0.3) is 0 Å². The van der Waals surface area contributed by atoms with Gasteiger partial charge in [0.05, 0.1) is 5.69 Å². The molecule has 0 N–H and O–H groups in total. The highest BCUT2D eigenvalue weighted by atomic mass is 16.2. The monoisotopic (exact) mass is 387 g/mol. The molecule has 0 aliphatic carbocycles. The highest BCUT2D eigenvalue weighted by Crippen LogP contribution is 2.41. The molecular weight excluding hydrogens is 354 g/mol. The Labute approximate surface area is 167 Å². The van der Waals surface area contributed by atoms with Crippen LogP contribution in [-0.4, -0.2) is 82.7 Å². The first-order valence-corrected chi connectivity index (χ1v) is 10.7. The van der Waals surface area contributed by atoms with Crippen molar-refractivity contribution in [3.63, 3.8) is 0 Å². The number of nitrogens with zero attached hydrogens (tertiary/aromatic N) is 5. The minimum Gasteiger partial charge on any atom is -0.340 e. The lowest BCUT2D eigenvalue weighted by atomic mass is 9.72. The molecule has 3 aliphatic heterocycles. The molecule has 0 saturated carbocycles. The van der Waals surface area contributed by atoms with Gasteiger partial charge in [0, 0.05) is 37.8 Å². The SMILES string of the molecule is Cc1ccc(=O)n(CC(=O)N2C[C@H]3C[C@@H](C2)[C@H](CN(C)C)N2CCCC[C@@H]32)n1. The third-order valence-electron chi connectivity index (χ3n) is 6.81. The molecule has 0 aromatic carbocycles. The summed E-state index contributed by atoms with van der Waals surface area (Å²) in [5, 5.41) is 4.24. The minimum atomic E-state index is -0.208. The standard InChI is InChI=1S/C21H33N5O2/c1-15-7-8-20(27)26(22-15)14-21(28)24-11-16-10-17(12-24)19(13-23(2)3)25-9-5-4-6-18(16)25/h7-8,16-19H,4-6,9-14H2,1-3H3/t16-,17+,18+,19+/m1/s1. The van der Waals surface area contributed by atoms with Gasteiger partial charge in [0.15, 0.2) is 0 Å². The van der Waals surface area contributed by atoms with E-state index in [1.54, 1.807) is 6.07 Å². The Hall–Kier alpha value is -1.73. The van der Waals surface area contributed by atoms with Crippen LogP contribution in [0.5, 0.6) is 0 Å². The number of piperidine rings is 3. The normalized spacial score (nSPS) is 30.4. The van der Waals surface area contributed by atoms with E-state index in [0.717, 1.165) is 25.3 Å². The summed E-state index contributed by atoms with van der Waals surface area (Å²) in [6.07, 6.45) is 5.08. The average molecular weight is 388 g/mol. The molecule has 1 amide bonds. The van der Waals surface area contributed by atoms with Gasteiger partial charge in [-0.15, -0.1) is 0 Å². The fourth-order valence-electron chi connectivity index (χ4n) is 5.63. The summed E-state index contributed by atoms with van der Waals surface area (Å²) in [6.45, 7) is 5.77. The van der Waals surface area contributed by atoms with Gasteiger partial charge in [-0.05, 0) is 64.7 Å². The molecule has 7 heteroatoms. The number of carbonyl (C=O) groups is 1. The lowest BCUT2D eigenvalue weighted by Crippen LogP contribution is -2.66. The summed E-state index contributed by atoms with van der Waals surface area (Å²) in [6, 6.07) is 4.31. The highest BCUT2D eigenvalue weighted by Gasteiger charge is 2.47. The molecule has 154 valence electrons. The van der Waals surface area contributed by atoms with Crippen molar-refractivity contribution in [3.05, 3.63) is 28.2 Å². The first kappa shape index (κ1) is 19.6. The molecule has 3 saturated heterocycles. The molecule has 28 heavy (non-hydrogen) atoms. The molecule has 0 spiro atoms. The van der Waals surface area contributed by atoms with Crippen LogP contribution in [0.2, 0.25) is 0 Å². The zero-order chi connectivity index (χ0) is 19.8. The second-order valence-electron chi connectivity index (χ2n) is 9.16. The molecular formula is C21H33N5O2. The first-order valence-electron chi connectivity index (χ1n) is 10.7. The summed E-state index contributed by atoms with van der Waals surface area (Å²) in [7, 11) is 4.29. The number of aryl methyl sites for hydroxylation is 1. The number of fused-ring (bicyclic) bond motifs is 4. The van der Waals surface area contributed by atoms with Crippen LogP contribution in [0.3, 0.4) is 0 Å². The van der Waals surface area contributed by atoms with E-state index < -0.39 is 0 Å². The van der Waals surface area contributed by atoms with Crippen LogP contribution in [-0.2, 0) is 11.3 Å². The summed E-state index contributed by atoms with van der Waals surface area (Å²) in [5.41, 5.74) is 0.548. The first-order chi connectivity index (χ1) is 13.4. The summed E-state index contributed by atoms with van der Waals surface area (Å²) in [5.74, 6) is 1.10. The predicted octanol–water partition coefficient (Wildman–Crippen LogP) is 0.815. The minimum absolute atomic E-state index is 0.0303. The fourth-order valence-corrected chi connectivity index (χ4v) is 5.63. The molecule has 3 aliphatic rings. The maximum Gasteiger partial charge on any atom is 0.267 e. The molecule has 4 atom stereocenters. The van der Waals surface area contributed by atoms with Gasteiger partial charge >= 0.3 is 0 Å². The number of hydrogen-bond acceptors (Lipinski definition) is 5. The van der Waals surface area contributed by atoms with Gasteiger partial charge in [0.1, 0.15) is 6.54 Å². The van der Waals surface area contributed by atoms with Gasteiger partial charge in [0.25, 0.3) is 5.56 Å². The van der Waals surface area contributed by atoms with Gasteiger partial charge in [-0.25, -0.2) is 4.68 Å². The Bertz CT molecular complexity index is 776. The Balaban J connectivity index is 1.52. The Morgan fingerprint density at radius 1 is 1.21 bits per heavy atom. The fraction of sp³-hybridized carbons (Fsp3) is 0.762. The summed E-state index contributed by atoms with van der Waals surface area (Å²) >= 11 is 0. The zero-order valence-corrected chi connectivity index (χ0v) is 17.4. The van der Waals surface area contributed by atoms with Crippen LogP contribution >= 0.6 is 0 Å². The van der Waals surface area contributed by atoms with Gasteiger partial charge in [-0.3, -0.25) is 14.5 Å². The van der Waals surface area contributed by atoms with E-state index in [1.807, 2.05) is 11.8 Å². The number of amides is 1. The molecule has 4 heterocycles. The molecule has 3 fully saturated rings. The van der Waals surface area contributed by atoms with E-state index >= 15 is 0 Å². The molecule has 0 radical (unpaired) electrons. The third kappa shape index (κ3) is 3.87. The molecule has 7 nitrogen and oxygen atoms in total. The van der Waals surface area contributed by atoms with Gasteiger partial charge in [0.2, 0.25) is 5.91 Å². The van der Waals surface area contributed by atoms with Crippen LogP contribution in [0.4, 0.5) is 0 Å². The summed E-state index contributed by atoms with van der Waals surface area (Å²) in [4.78, 5) is 32.2. The van der Waals surface area contributed by atoms with Crippen molar-refractivity contribution < 1.29 is 4.79 Å². The molecule has 0 unspecified atom stereocenters. The Kier molecular flexibility index (Phi) is 5.56. The van der Waals surface area contributed by atoms with Crippen molar-refractivity contribution in [1.29, 1.82) is 0 Å². The van der Waals surface area contributed by atoms with Gasteiger partial charge < -0.3 is 9.80 Å². The number of rotatable bonds is 4. The molecule has 4 rings (SSSR count). The molecule has 2 bridgehead atoms. The Morgan fingerprint density at radius 3 is 2.79 bits per heavy atom. The van der Waals surface area contributed by atoms with Crippen LogP contribution < -0.4 is 5.56 Å². The van der Waals surface area contributed by atoms with Gasteiger partial charge in [-0.2, -0.15) is 5.10 Å². The number of aromatic nitrogens is 2. The quantitative estimate of drug-likeness (QED) is 0.765. The maximum absolute atomic E-state index is 13.1. The third-order valence-corrected chi connectivity index (χ3v) is 6.81. The number of likely N-dealkylation sites (N-methyl/N-ethyl adjacent to an activating group) is 1. The van der Waals surface area contributed by atoms with Crippen molar-refractivity contribution in [3.8, 4) is 0 Å². The van der Waals surface area contributed by atoms with Crippen LogP contribution in [0.1, 0.15) is 31.4 Å². The van der Waals surface area contributed by atoms with E-state index in [-0.39, 0.29) is 18.0 Å². The van der Waals surface area contributed by atoms with Crippen LogP contribution in [0.15, 0.2) is 16.9 Å². The van der Waals surface area contributed by atoms with E-state index in [1.165, 1.54) is 43.0 Å². The average Bonchev–Trinajstić information content (AvgIpc) is 2.67. The highest BCUT2D eigenvalue weighted by molar-refractivity contribution is 5.76. The topological polar surface area (TPSA) is 61.7 Å². The molecule has 1 aromatic rings. The van der Waals surface area contributed by atoms with E-state index in [0.29, 0.717) is 23.9 Å². The summed E-state index contributed by atoms with van der Waals surface area (Å²) < 4.78 is 1.31. The zero-order valence-electron chi connectivity index (χ0n) is 17.4. The van der Waals surface area contributed by atoms with E-state index in [9.17, 15) is 9.59 Å². The lowest BCUT2D eigenvalue weighted by molar-refractivity contribution is -0.142. The van der Waals surface area contributed by atoms with E-state index in [4.69, 9.17) is 0 Å². The Morgan fingerprint density at radius 2 is 2.00 bits per heavy atom. The largest absolute Gasteiger partial charge is 0.340 e. The van der Waals surface area contributed by atoms with Crippen molar-refractivity contribution in [1.82, 2.24) is 24.5 Å². The smallest absolute Gasteiger partial charge is 0.267 e. The molecule has 1 aromatic heterocycles. The second kappa shape index (κ2) is 7.95. The van der Waals surface area contributed by atoms with Crippen molar-refractivity contribution in [2.45, 2.75) is 51.2 Å². The van der Waals surface area contributed by atoms with Crippen molar-refractivity contribution in [2.75, 3.05) is 40.3 Å². The van der Waals surface area contributed by atoms with Crippen molar-refractivity contribution in [2.24, 2.45) is 11.8 Å². The van der Waals surface area contributed by atoms with Crippen molar-refractivity contribution >= 4 is 5.91 Å². The lowest BCUT2D eigenvalue weighted by Gasteiger charge is -2.57. The predicted molar refractivity (Wildman–Crippen MR) is 108 cm³/mol. The maximum atomic E-state index is 13.1. The van der Waals surface area contributed by atoms with Gasteiger partial charge in [-0.1, -0.05) is 6.42 Å². The number of carbonyl (C=O) groups excluding carboxylic acids is 1. The number of likely N-dealkylation sites (tertiary alicyclic amines) is 1. The second-order valence-corrected chi connectivity index (χ2v) is 9.16. The van der Waals surface area contributed by atoms with Crippen LogP contribution in [0, 0.1) is 18.8 Å². The number of hydrogen-bond donors (Lipinski definition) is 0.